The number of hydrogen-bond donors (Lipinski definition) is 0. The molecule has 0 aliphatic carbocycles. The molecule has 0 aliphatic heterocycles. The van der Waals surface area contributed by atoms with Gasteiger partial charge in [0.25, 0.3) is 5.69 Å². The maximum atomic E-state index is 12.6. The number of ketones is 1. The van der Waals surface area contributed by atoms with Crippen molar-refractivity contribution < 1.29 is 13.9 Å². The van der Waals surface area contributed by atoms with Gasteiger partial charge in [-0.1, -0.05) is 22.4 Å². The lowest BCUT2D eigenvalue weighted by Crippen LogP contribution is -2.21. The second-order valence-electron chi connectivity index (χ2n) is 4.69. The summed E-state index contributed by atoms with van der Waals surface area (Å²) in [6, 6.07) is 14.1. The molecule has 0 N–H and O–H groups in total. The number of rotatable bonds is 5. The van der Waals surface area contributed by atoms with E-state index in [1.54, 1.807) is 30.5 Å². The van der Waals surface area contributed by atoms with Crippen molar-refractivity contribution in [2.45, 2.75) is 4.90 Å². The van der Waals surface area contributed by atoms with Gasteiger partial charge in [-0.05, 0) is 24.3 Å². The van der Waals surface area contributed by atoms with Gasteiger partial charge in [0.2, 0.25) is 5.78 Å². The highest BCUT2D eigenvalue weighted by molar-refractivity contribution is 8.03. The molecule has 2 aromatic carbocycles. The molecule has 108 valence electrons. The summed E-state index contributed by atoms with van der Waals surface area (Å²) in [4.78, 5) is 22.8. The van der Waals surface area contributed by atoms with Crippen LogP contribution in [0.1, 0.15) is 10.4 Å². The Balaban J connectivity index is 2.18. The van der Waals surface area contributed by atoms with Crippen LogP contribution in [0.4, 0.5) is 5.69 Å². The Morgan fingerprint density at radius 3 is 2.19 bits per heavy atom. The first-order valence-electron chi connectivity index (χ1n) is 6.20. The molecule has 0 bridgehead atoms. The van der Waals surface area contributed by atoms with E-state index in [-0.39, 0.29) is 17.2 Å². The number of nitro groups is 1. The first-order chi connectivity index (χ1) is 9.90. The van der Waals surface area contributed by atoms with E-state index in [4.69, 9.17) is 0 Å². The molecular weight excluding hydrogens is 290 g/mol. The third kappa shape index (κ3) is 3.61. The van der Waals surface area contributed by atoms with Crippen molar-refractivity contribution in [3.63, 3.8) is 0 Å². The molecule has 0 aromatic heterocycles. The number of nitrogens with zero attached hydrogens (tertiary/aromatic N) is 1. The standard InChI is InChI=1S/C15H14NO4S/c1-21(20,14-5-3-2-4-6-14)11-15(17)12-7-9-13(10-8-12)16(18)19/h2-10H,11H2,1H3/q+1. The van der Waals surface area contributed by atoms with E-state index in [0.29, 0.717) is 10.5 Å². The maximum Gasteiger partial charge on any atom is 0.269 e. The van der Waals surface area contributed by atoms with E-state index in [1.165, 1.54) is 24.3 Å². The molecule has 0 heterocycles. The van der Waals surface area contributed by atoms with Crippen LogP contribution in [0.15, 0.2) is 59.5 Å². The molecule has 0 aliphatic rings. The first kappa shape index (κ1) is 15.1. The Labute approximate surface area is 123 Å². The summed E-state index contributed by atoms with van der Waals surface area (Å²) in [7, 11) is -2.47. The number of hydrogen-bond acceptors (Lipinski definition) is 4. The van der Waals surface area contributed by atoms with Gasteiger partial charge in [-0.2, -0.15) is 0 Å². The van der Waals surface area contributed by atoms with Gasteiger partial charge < -0.3 is 0 Å². The van der Waals surface area contributed by atoms with Gasteiger partial charge in [0, 0.05) is 17.7 Å². The number of benzene rings is 2. The summed E-state index contributed by atoms with van der Waals surface area (Å²) in [5, 5.41) is 10.6. The van der Waals surface area contributed by atoms with Crippen molar-refractivity contribution in [2.24, 2.45) is 0 Å². The minimum atomic E-state index is -2.47. The molecule has 0 fully saturated rings. The van der Waals surface area contributed by atoms with Gasteiger partial charge in [0.05, 0.1) is 4.92 Å². The highest BCUT2D eigenvalue weighted by Crippen LogP contribution is 2.19. The Bertz CT molecular complexity index is 710. The molecule has 21 heavy (non-hydrogen) atoms. The number of non-ortho nitro benzene ring substituents is 1. The highest BCUT2D eigenvalue weighted by atomic mass is 32.2. The number of carbonyl (C=O) groups excluding carboxylic acids is 1. The molecule has 0 saturated heterocycles. The van der Waals surface area contributed by atoms with Crippen LogP contribution in [0.2, 0.25) is 0 Å². The Hall–Kier alpha value is -2.34. The number of carbonyl (C=O) groups is 1. The van der Waals surface area contributed by atoms with Gasteiger partial charge in [-0.15, -0.1) is 0 Å². The largest absolute Gasteiger partial charge is 0.289 e. The second-order valence-corrected chi connectivity index (χ2v) is 7.46. The Morgan fingerprint density at radius 2 is 1.67 bits per heavy atom. The molecular formula is C15H14NO4S+. The van der Waals surface area contributed by atoms with Gasteiger partial charge in [-0.3, -0.25) is 14.9 Å². The molecule has 2 rings (SSSR count). The van der Waals surface area contributed by atoms with Crippen LogP contribution in [-0.4, -0.2) is 22.7 Å². The summed E-state index contributed by atoms with van der Waals surface area (Å²) in [5.74, 6) is -0.407. The third-order valence-corrected chi connectivity index (χ3v) is 5.13. The first-order valence-corrected chi connectivity index (χ1v) is 8.33. The summed E-state index contributed by atoms with van der Waals surface area (Å²) in [5.41, 5.74) is 0.248. The van der Waals surface area contributed by atoms with Crippen molar-refractivity contribution in [1.29, 1.82) is 0 Å². The molecule has 5 nitrogen and oxygen atoms in total. The summed E-state index contributed by atoms with van der Waals surface area (Å²) < 4.78 is 12.6. The Morgan fingerprint density at radius 1 is 1.10 bits per heavy atom. The fourth-order valence-corrected chi connectivity index (χ4v) is 3.46. The van der Waals surface area contributed by atoms with E-state index in [9.17, 15) is 19.1 Å². The SMILES string of the molecule is C[S+](=O)(CC(=O)c1ccc([N+](=O)[O-])cc1)c1ccccc1. The monoisotopic (exact) mass is 304 g/mol. The number of Topliss-reactive ketones (excluding diaryl/α,β-unsaturated/α-hetero) is 1. The molecule has 0 spiro atoms. The van der Waals surface area contributed by atoms with Crippen molar-refractivity contribution in [3.05, 3.63) is 70.3 Å². The fourth-order valence-electron chi connectivity index (χ4n) is 1.89. The minimum absolute atomic E-state index is 0.0770. The quantitative estimate of drug-likeness (QED) is 0.368. The molecule has 1 atom stereocenters. The van der Waals surface area contributed by atoms with Crippen LogP contribution < -0.4 is 0 Å². The molecule has 1 unspecified atom stereocenters. The maximum absolute atomic E-state index is 12.6. The fraction of sp³-hybridized carbons (Fsp3) is 0.133. The van der Waals surface area contributed by atoms with Crippen LogP contribution in [-0.2, 0) is 14.1 Å². The minimum Gasteiger partial charge on any atom is -0.289 e. The van der Waals surface area contributed by atoms with Gasteiger partial charge in [0.1, 0.15) is 16.2 Å². The smallest absolute Gasteiger partial charge is 0.269 e. The van der Waals surface area contributed by atoms with E-state index in [2.05, 4.69) is 0 Å². The molecule has 2 aromatic rings. The number of nitro benzene ring substituents is 1. The zero-order valence-corrected chi connectivity index (χ0v) is 12.2. The van der Waals surface area contributed by atoms with E-state index in [1.807, 2.05) is 6.07 Å². The van der Waals surface area contributed by atoms with Crippen molar-refractivity contribution in [1.82, 2.24) is 0 Å². The molecule has 6 heteroatoms. The predicted octanol–water partition coefficient (Wildman–Crippen LogP) is 2.97. The third-order valence-electron chi connectivity index (χ3n) is 3.05. The van der Waals surface area contributed by atoms with Crippen molar-refractivity contribution in [2.75, 3.05) is 12.0 Å². The van der Waals surface area contributed by atoms with E-state index in [0.717, 1.165) is 0 Å². The normalized spacial score (nSPS) is 13.4. The average molecular weight is 304 g/mol. The zero-order chi connectivity index (χ0) is 15.5. The lowest BCUT2D eigenvalue weighted by atomic mass is 10.1. The molecule has 0 amide bonds. The van der Waals surface area contributed by atoms with Crippen LogP contribution >= 0.6 is 0 Å². The predicted molar refractivity (Wildman–Crippen MR) is 81.0 cm³/mol. The van der Waals surface area contributed by atoms with Gasteiger partial charge in [-0.25, -0.2) is 0 Å². The summed E-state index contributed by atoms with van der Waals surface area (Å²) in [6.45, 7) is 0. The van der Waals surface area contributed by atoms with Crippen LogP contribution in [0.25, 0.3) is 0 Å². The topological polar surface area (TPSA) is 77.3 Å². The van der Waals surface area contributed by atoms with Crippen LogP contribution in [0, 0.1) is 10.1 Å². The summed E-state index contributed by atoms with van der Waals surface area (Å²) >= 11 is 0. The summed E-state index contributed by atoms with van der Waals surface area (Å²) in [6.07, 6.45) is 1.55. The lowest BCUT2D eigenvalue weighted by molar-refractivity contribution is -0.384. The van der Waals surface area contributed by atoms with Crippen molar-refractivity contribution in [3.8, 4) is 0 Å². The highest BCUT2D eigenvalue weighted by Gasteiger charge is 2.29. The lowest BCUT2D eigenvalue weighted by Gasteiger charge is -2.06. The van der Waals surface area contributed by atoms with Gasteiger partial charge in [0.15, 0.2) is 10.6 Å². The van der Waals surface area contributed by atoms with Crippen LogP contribution in [0.5, 0.6) is 0 Å². The van der Waals surface area contributed by atoms with Crippen LogP contribution in [0.3, 0.4) is 0 Å². The zero-order valence-electron chi connectivity index (χ0n) is 11.4. The van der Waals surface area contributed by atoms with Gasteiger partial charge >= 0.3 is 0 Å². The molecule has 0 radical (unpaired) electrons. The van der Waals surface area contributed by atoms with E-state index < -0.39 is 14.9 Å². The second kappa shape index (κ2) is 5.97. The average Bonchev–Trinajstić information content (AvgIpc) is 2.48. The van der Waals surface area contributed by atoms with Crippen molar-refractivity contribution >= 4 is 21.4 Å². The molecule has 0 saturated carbocycles. The Kier molecular flexibility index (Phi) is 4.28. The van der Waals surface area contributed by atoms with E-state index >= 15 is 0 Å².